The van der Waals surface area contributed by atoms with E-state index in [0.29, 0.717) is 6.04 Å². The lowest BCUT2D eigenvalue weighted by molar-refractivity contribution is 0.436. The predicted molar refractivity (Wildman–Crippen MR) is 83.9 cm³/mol. The average molecular weight is 268 g/mol. The zero-order valence-electron chi connectivity index (χ0n) is 12.3. The molecule has 2 N–H and O–H groups in total. The molecule has 0 saturated heterocycles. The number of hydrogen-bond acceptors (Lipinski definition) is 1. The van der Waals surface area contributed by atoms with Crippen molar-refractivity contribution in [1.29, 1.82) is 0 Å². The highest BCUT2D eigenvalue weighted by Crippen LogP contribution is 2.40. The summed E-state index contributed by atoms with van der Waals surface area (Å²) in [7, 11) is 0. The van der Waals surface area contributed by atoms with Gasteiger partial charge in [0, 0.05) is 28.7 Å². The maximum Gasteiger partial charge on any atom is 0.0478 e. The van der Waals surface area contributed by atoms with Crippen LogP contribution in [0.25, 0.3) is 10.9 Å². The van der Waals surface area contributed by atoms with Crippen LogP contribution in [0.2, 0.25) is 0 Å². The van der Waals surface area contributed by atoms with Crippen molar-refractivity contribution in [2.75, 3.05) is 0 Å². The van der Waals surface area contributed by atoms with Crippen molar-refractivity contribution in [3.63, 3.8) is 0 Å². The number of benzene rings is 1. The maximum atomic E-state index is 3.91. The maximum absolute atomic E-state index is 3.91. The summed E-state index contributed by atoms with van der Waals surface area (Å²) < 4.78 is 0. The summed E-state index contributed by atoms with van der Waals surface area (Å²) in [5, 5.41) is 5.35. The number of fused-ring (bicyclic) bond motifs is 3. The Bertz CT molecular complexity index is 613. The van der Waals surface area contributed by atoms with Crippen LogP contribution < -0.4 is 5.32 Å². The van der Waals surface area contributed by atoms with Gasteiger partial charge in [0.25, 0.3) is 0 Å². The van der Waals surface area contributed by atoms with Gasteiger partial charge in [0.05, 0.1) is 0 Å². The highest BCUT2D eigenvalue weighted by atomic mass is 15.0. The Morgan fingerprint density at radius 2 is 2.20 bits per heavy atom. The Morgan fingerprint density at radius 1 is 1.30 bits per heavy atom. The molecule has 106 valence electrons. The molecule has 3 atom stereocenters. The molecule has 2 aliphatic carbocycles. The van der Waals surface area contributed by atoms with Gasteiger partial charge in [-0.25, -0.2) is 0 Å². The molecule has 0 spiro atoms. The highest BCUT2D eigenvalue weighted by Gasteiger charge is 2.38. The third-order valence-corrected chi connectivity index (χ3v) is 5.11. The van der Waals surface area contributed by atoms with Crippen LogP contribution in [-0.2, 0) is 6.42 Å². The third-order valence-electron chi connectivity index (χ3n) is 5.11. The van der Waals surface area contributed by atoms with Gasteiger partial charge in [0.15, 0.2) is 0 Å². The Morgan fingerprint density at radius 3 is 3.10 bits per heavy atom. The first-order valence-corrected chi connectivity index (χ1v) is 8.22. The van der Waals surface area contributed by atoms with Gasteiger partial charge >= 0.3 is 0 Å². The van der Waals surface area contributed by atoms with Gasteiger partial charge in [-0.3, -0.25) is 0 Å². The van der Waals surface area contributed by atoms with E-state index in [9.17, 15) is 0 Å². The van der Waals surface area contributed by atoms with E-state index >= 15 is 0 Å². The monoisotopic (exact) mass is 268 g/mol. The van der Waals surface area contributed by atoms with E-state index in [4.69, 9.17) is 0 Å². The van der Waals surface area contributed by atoms with Gasteiger partial charge in [-0.1, -0.05) is 31.5 Å². The molecule has 1 saturated carbocycles. The number of rotatable bonds is 4. The van der Waals surface area contributed by atoms with E-state index < -0.39 is 0 Å². The summed E-state index contributed by atoms with van der Waals surface area (Å²) in [6.45, 7) is 2.30. The summed E-state index contributed by atoms with van der Waals surface area (Å²) in [4.78, 5) is 3.68. The molecule has 1 heterocycles. The van der Waals surface area contributed by atoms with Gasteiger partial charge in [0.1, 0.15) is 0 Å². The van der Waals surface area contributed by atoms with E-state index in [-0.39, 0.29) is 0 Å². The number of aryl methyl sites for hydroxylation is 1. The van der Waals surface area contributed by atoms with Gasteiger partial charge in [-0.2, -0.15) is 0 Å². The van der Waals surface area contributed by atoms with Crippen molar-refractivity contribution in [2.24, 2.45) is 5.92 Å². The van der Waals surface area contributed by atoms with Crippen molar-refractivity contribution in [1.82, 2.24) is 10.3 Å². The lowest BCUT2D eigenvalue weighted by Gasteiger charge is -2.24. The zero-order valence-corrected chi connectivity index (χ0v) is 12.3. The molecule has 3 unspecified atom stereocenters. The van der Waals surface area contributed by atoms with Crippen LogP contribution in [0.4, 0.5) is 0 Å². The van der Waals surface area contributed by atoms with Crippen molar-refractivity contribution in [3.05, 3.63) is 35.5 Å². The summed E-state index contributed by atoms with van der Waals surface area (Å²) >= 11 is 0. The highest BCUT2D eigenvalue weighted by molar-refractivity contribution is 5.85. The molecule has 20 heavy (non-hydrogen) atoms. The first kappa shape index (κ1) is 12.5. The first-order valence-electron chi connectivity index (χ1n) is 8.22. The lowest BCUT2D eigenvalue weighted by Crippen LogP contribution is -2.28. The van der Waals surface area contributed by atoms with Gasteiger partial charge in [0.2, 0.25) is 0 Å². The third kappa shape index (κ3) is 2.07. The number of H-pyrrole nitrogens is 1. The van der Waals surface area contributed by atoms with Crippen LogP contribution in [0.3, 0.4) is 0 Å². The van der Waals surface area contributed by atoms with E-state index in [1.165, 1.54) is 55.1 Å². The van der Waals surface area contributed by atoms with E-state index in [0.717, 1.165) is 12.0 Å². The number of aromatic nitrogens is 1. The zero-order chi connectivity index (χ0) is 13.5. The molecule has 4 rings (SSSR count). The van der Waals surface area contributed by atoms with Crippen LogP contribution in [0, 0.1) is 5.92 Å². The quantitative estimate of drug-likeness (QED) is 0.849. The van der Waals surface area contributed by atoms with Crippen LogP contribution in [0.5, 0.6) is 0 Å². The molecule has 2 nitrogen and oxygen atoms in total. The molecule has 0 radical (unpaired) electrons. The SMILES string of the molecule is CCCC1CC1NC1CCCc2c1[nH]c1ccccc21. The minimum atomic E-state index is 0.554. The Labute approximate surface area is 121 Å². The molecule has 1 aromatic carbocycles. The minimum absolute atomic E-state index is 0.554. The van der Waals surface area contributed by atoms with Crippen LogP contribution in [0.15, 0.2) is 24.3 Å². The molecule has 0 aliphatic heterocycles. The van der Waals surface area contributed by atoms with E-state index in [2.05, 4.69) is 41.5 Å². The van der Waals surface area contributed by atoms with Gasteiger partial charge in [-0.05, 0) is 49.7 Å². The van der Waals surface area contributed by atoms with E-state index in [1.807, 2.05) is 0 Å². The largest absolute Gasteiger partial charge is 0.357 e. The molecule has 2 aliphatic rings. The lowest BCUT2D eigenvalue weighted by atomic mass is 9.91. The molecular formula is C18H24N2. The number of nitrogens with one attached hydrogen (secondary N) is 2. The second kappa shape index (κ2) is 4.92. The number of para-hydroxylation sites is 1. The molecule has 2 heteroatoms. The Hall–Kier alpha value is -1.28. The van der Waals surface area contributed by atoms with Crippen molar-refractivity contribution < 1.29 is 0 Å². The van der Waals surface area contributed by atoms with Crippen LogP contribution in [-0.4, -0.2) is 11.0 Å². The number of hydrogen-bond donors (Lipinski definition) is 2. The topological polar surface area (TPSA) is 27.8 Å². The normalized spacial score (nSPS) is 28.6. The molecule has 1 fully saturated rings. The van der Waals surface area contributed by atoms with Crippen molar-refractivity contribution in [2.45, 2.75) is 57.5 Å². The molecule has 0 bridgehead atoms. The second-order valence-corrected chi connectivity index (χ2v) is 6.57. The fraction of sp³-hybridized carbons (Fsp3) is 0.556. The van der Waals surface area contributed by atoms with Crippen molar-refractivity contribution in [3.8, 4) is 0 Å². The fourth-order valence-corrected chi connectivity index (χ4v) is 3.98. The standard InChI is InChI=1S/C18H24N2/c1-2-6-12-11-17(12)19-16-10-5-8-14-13-7-3-4-9-15(13)20-18(14)16/h3-4,7,9,12,16-17,19-20H,2,5-6,8,10-11H2,1H3. The second-order valence-electron chi connectivity index (χ2n) is 6.57. The first-order chi connectivity index (χ1) is 9.86. The molecular weight excluding hydrogens is 244 g/mol. The molecule has 0 amide bonds. The fourth-order valence-electron chi connectivity index (χ4n) is 3.98. The smallest absolute Gasteiger partial charge is 0.0478 e. The van der Waals surface area contributed by atoms with Crippen molar-refractivity contribution >= 4 is 10.9 Å². The summed E-state index contributed by atoms with van der Waals surface area (Å²) in [5.74, 6) is 0.940. The summed E-state index contributed by atoms with van der Waals surface area (Å²) in [6.07, 6.45) is 7.95. The number of aromatic amines is 1. The van der Waals surface area contributed by atoms with Crippen LogP contribution in [0.1, 0.15) is 56.3 Å². The Kier molecular flexibility index (Phi) is 3.07. The van der Waals surface area contributed by atoms with E-state index in [1.54, 1.807) is 5.56 Å². The van der Waals surface area contributed by atoms with Crippen LogP contribution >= 0.6 is 0 Å². The summed E-state index contributed by atoms with van der Waals surface area (Å²) in [6, 6.07) is 10.1. The Balaban J connectivity index is 1.59. The van der Waals surface area contributed by atoms with Gasteiger partial charge in [-0.15, -0.1) is 0 Å². The predicted octanol–water partition coefficient (Wildman–Crippen LogP) is 4.32. The molecule has 2 aromatic rings. The molecule has 1 aromatic heterocycles. The minimum Gasteiger partial charge on any atom is -0.357 e. The van der Waals surface area contributed by atoms with Gasteiger partial charge < -0.3 is 10.3 Å². The summed E-state index contributed by atoms with van der Waals surface area (Å²) in [5.41, 5.74) is 4.35. The average Bonchev–Trinajstić information content (AvgIpc) is 3.08.